The van der Waals surface area contributed by atoms with Gasteiger partial charge in [0.1, 0.15) is 11.3 Å². The Balaban J connectivity index is 3.59. The molecule has 0 saturated heterocycles. The zero-order chi connectivity index (χ0) is 12.7. The number of aryl methyl sites for hydroxylation is 1. The molecule has 0 saturated carbocycles. The summed E-state index contributed by atoms with van der Waals surface area (Å²) in [6.45, 7) is 1.09. The van der Waals surface area contributed by atoms with Crippen molar-refractivity contribution in [2.45, 2.75) is 19.3 Å². The van der Waals surface area contributed by atoms with Crippen molar-refractivity contribution in [3.05, 3.63) is 28.8 Å². The third kappa shape index (κ3) is 2.23. The minimum absolute atomic E-state index is 0.264. The number of alkyl halides is 6. The first-order valence-electron chi connectivity index (χ1n) is 4.02. The van der Waals surface area contributed by atoms with E-state index in [1.807, 2.05) is 0 Å². The van der Waals surface area contributed by atoms with E-state index in [1.54, 1.807) is 0 Å². The Hall–Kier alpha value is -1.40. The lowest BCUT2D eigenvalue weighted by Gasteiger charge is -2.17. The SMILES string of the molecule is Cc1ccc(C(F)(F)F)c(C(F)(F)F)c1O. The zero-order valence-electron chi connectivity index (χ0n) is 7.87. The lowest BCUT2D eigenvalue weighted by molar-refractivity contribution is -0.163. The lowest BCUT2D eigenvalue weighted by Crippen LogP contribution is -2.17. The van der Waals surface area contributed by atoms with Crippen molar-refractivity contribution in [2.24, 2.45) is 0 Å². The number of halogens is 6. The zero-order valence-corrected chi connectivity index (χ0v) is 7.87. The van der Waals surface area contributed by atoms with Crippen LogP contribution in [-0.2, 0) is 12.4 Å². The van der Waals surface area contributed by atoms with E-state index < -0.39 is 29.2 Å². The average Bonchev–Trinajstić information content (AvgIpc) is 2.05. The molecule has 1 aromatic carbocycles. The van der Waals surface area contributed by atoms with E-state index in [9.17, 15) is 26.3 Å². The summed E-state index contributed by atoms with van der Waals surface area (Å²) in [5.41, 5.74) is -4.19. The second kappa shape index (κ2) is 3.57. The highest BCUT2D eigenvalue weighted by molar-refractivity contribution is 5.47. The van der Waals surface area contributed by atoms with Crippen molar-refractivity contribution in [1.29, 1.82) is 0 Å². The summed E-state index contributed by atoms with van der Waals surface area (Å²) in [5.74, 6) is -1.39. The Labute approximate surface area is 86.3 Å². The van der Waals surface area contributed by atoms with Gasteiger partial charge in [0, 0.05) is 0 Å². The Morgan fingerprint density at radius 1 is 0.938 bits per heavy atom. The molecule has 0 amide bonds. The van der Waals surface area contributed by atoms with Gasteiger partial charge in [0.15, 0.2) is 0 Å². The van der Waals surface area contributed by atoms with Crippen LogP contribution in [0.2, 0.25) is 0 Å². The van der Waals surface area contributed by atoms with Gasteiger partial charge in [-0.05, 0) is 18.6 Å². The molecular formula is C9H6F6O. The Bertz CT molecular complexity index is 404. The molecule has 1 nitrogen and oxygen atoms in total. The fourth-order valence-corrected chi connectivity index (χ4v) is 1.22. The molecule has 90 valence electrons. The lowest BCUT2D eigenvalue weighted by atomic mass is 10.0. The van der Waals surface area contributed by atoms with Crippen LogP contribution in [0.3, 0.4) is 0 Å². The van der Waals surface area contributed by atoms with Crippen molar-refractivity contribution in [2.75, 3.05) is 0 Å². The molecule has 0 radical (unpaired) electrons. The second-order valence-electron chi connectivity index (χ2n) is 3.15. The largest absolute Gasteiger partial charge is 0.507 e. The quantitative estimate of drug-likeness (QED) is 0.689. The number of benzene rings is 1. The summed E-state index contributed by atoms with van der Waals surface area (Å²) in [5, 5.41) is 9.06. The molecule has 0 heterocycles. The van der Waals surface area contributed by atoms with E-state index in [0.29, 0.717) is 6.07 Å². The molecule has 7 heteroatoms. The van der Waals surface area contributed by atoms with Crippen molar-refractivity contribution in [1.82, 2.24) is 0 Å². The highest BCUT2D eigenvalue weighted by Gasteiger charge is 2.45. The number of hydrogen-bond acceptors (Lipinski definition) is 1. The molecule has 0 aliphatic heterocycles. The molecule has 0 unspecified atom stereocenters. The number of rotatable bonds is 0. The minimum atomic E-state index is -5.25. The predicted octanol–water partition coefficient (Wildman–Crippen LogP) is 3.74. The van der Waals surface area contributed by atoms with E-state index >= 15 is 0 Å². The fraction of sp³-hybridized carbons (Fsp3) is 0.333. The molecule has 0 spiro atoms. The predicted molar refractivity (Wildman–Crippen MR) is 42.8 cm³/mol. The van der Waals surface area contributed by atoms with E-state index in [0.717, 1.165) is 13.0 Å². The van der Waals surface area contributed by atoms with Gasteiger partial charge in [-0.25, -0.2) is 0 Å². The van der Waals surface area contributed by atoms with Crippen LogP contribution in [-0.4, -0.2) is 5.11 Å². The normalized spacial score (nSPS) is 12.9. The van der Waals surface area contributed by atoms with Crippen molar-refractivity contribution in [3.63, 3.8) is 0 Å². The molecule has 1 N–H and O–H groups in total. The molecule has 0 aliphatic carbocycles. The third-order valence-electron chi connectivity index (χ3n) is 1.97. The number of aromatic hydroxyl groups is 1. The number of phenols is 1. The van der Waals surface area contributed by atoms with Gasteiger partial charge in [-0.2, -0.15) is 26.3 Å². The van der Waals surface area contributed by atoms with Crippen LogP contribution < -0.4 is 0 Å². The minimum Gasteiger partial charge on any atom is -0.507 e. The van der Waals surface area contributed by atoms with Crippen LogP contribution in [0.4, 0.5) is 26.3 Å². The van der Waals surface area contributed by atoms with Gasteiger partial charge >= 0.3 is 12.4 Å². The number of hydrogen-bond donors (Lipinski definition) is 1. The van der Waals surface area contributed by atoms with Crippen LogP contribution in [0.1, 0.15) is 16.7 Å². The van der Waals surface area contributed by atoms with Gasteiger partial charge < -0.3 is 5.11 Å². The Morgan fingerprint density at radius 3 is 1.81 bits per heavy atom. The molecular weight excluding hydrogens is 238 g/mol. The molecule has 16 heavy (non-hydrogen) atoms. The average molecular weight is 244 g/mol. The standard InChI is InChI=1S/C9H6F6O/c1-4-2-3-5(8(10,11)12)6(7(4)16)9(13,14)15/h2-3,16H,1H3. The van der Waals surface area contributed by atoms with Crippen LogP contribution in [0, 0.1) is 6.92 Å². The van der Waals surface area contributed by atoms with Gasteiger partial charge in [0.2, 0.25) is 0 Å². The van der Waals surface area contributed by atoms with Crippen LogP contribution >= 0.6 is 0 Å². The third-order valence-corrected chi connectivity index (χ3v) is 1.97. The summed E-state index contributed by atoms with van der Waals surface area (Å²) < 4.78 is 73.9. The van der Waals surface area contributed by atoms with E-state index in [2.05, 4.69) is 0 Å². The molecule has 0 bridgehead atoms. The monoisotopic (exact) mass is 244 g/mol. The van der Waals surface area contributed by atoms with Crippen LogP contribution in [0.15, 0.2) is 12.1 Å². The summed E-state index contributed by atoms with van der Waals surface area (Å²) in [7, 11) is 0. The molecule has 0 atom stereocenters. The summed E-state index contributed by atoms with van der Waals surface area (Å²) in [6.07, 6.45) is -10.4. The van der Waals surface area contributed by atoms with Crippen molar-refractivity contribution in [3.8, 4) is 5.75 Å². The maximum Gasteiger partial charge on any atom is 0.420 e. The fourth-order valence-electron chi connectivity index (χ4n) is 1.22. The maximum atomic E-state index is 12.4. The van der Waals surface area contributed by atoms with Gasteiger partial charge in [-0.15, -0.1) is 0 Å². The highest BCUT2D eigenvalue weighted by atomic mass is 19.4. The highest BCUT2D eigenvalue weighted by Crippen LogP contribution is 2.45. The van der Waals surface area contributed by atoms with Crippen LogP contribution in [0.5, 0.6) is 5.75 Å². The molecule has 0 fully saturated rings. The summed E-state index contributed by atoms with van der Waals surface area (Å²) in [6, 6.07) is 1.09. The van der Waals surface area contributed by atoms with Gasteiger partial charge in [0.05, 0.1) is 5.56 Å². The maximum absolute atomic E-state index is 12.4. The number of phenolic OH excluding ortho intramolecular Hbond substituents is 1. The van der Waals surface area contributed by atoms with E-state index in [1.165, 1.54) is 0 Å². The molecule has 1 aromatic rings. The first-order valence-corrected chi connectivity index (χ1v) is 4.02. The van der Waals surface area contributed by atoms with Gasteiger partial charge in [-0.1, -0.05) is 6.07 Å². The van der Waals surface area contributed by atoms with Crippen molar-refractivity contribution >= 4 is 0 Å². The van der Waals surface area contributed by atoms with Crippen molar-refractivity contribution < 1.29 is 31.4 Å². The second-order valence-corrected chi connectivity index (χ2v) is 3.15. The Morgan fingerprint density at radius 2 is 1.44 bits per heavy atom. The first-order chi connectivity index (χ1) is 7.05. The smallest absolute Gasteiger partial charge is 0.420 e. The van der Waals surface area contributed by atoms with Gasteiger partial charge in [0.25, 0.3) is 0 Å². The Kier molecular flexibility index (Phi) is 2.82. The molecule has 1 rings (SSSR count). The van der Waals surface area contributed by atoms with Gasteiger partial charge in [-0.3, -0.25) is 0 Å². The van der Waals surface area contributed by atoms with E-state index in [-0.39, 0.29) is 5.56 Å². The molecule has 0 aromatic heterocycles. The van der Waals surface area contributed by atoms with Crippen LogP contribution in [0.25, 0.3) is 0 Å². The molecule has 0 aliphatic rings. The summed E-state index contributed by atoms with van der Waals surface area (Å²) in [4.78, 5) is 0. The summed E-state index contributed by atoms with van der Waals surface area (Å²) >= 11 is 0. The topological polar surface area (TPSA) is 20.2 Å². The first kappa shape index (κ1) is 12.7. The van der Waals surface area contributed by atoms with E-state index in [4.69, 9.17) is 5.11 Å².